The van der Waals surface area contributed by atoms with Gasteiger partial charge in [0.25, 0.3) is 0 Å². The van der Waals surface area contributed by atoms with Crippen molar-refractivity contribution in [3.8, 4) is 5.88 Å². The van der Waals surface area contributed by atoms with Crippen molar-refractivity contribution in [3.05, 3.63) is 47.7 Å². The van der Waals surface area contributed by atoms with Gasteiger partial charge in [-0.1, -0.05) is 11.3 Å². The summed E-state index contributed by atoms with van der Waals surface area (Å²) in [6, 6.07) is 8.42. The molecule has 106 valence electrons. The Labute approximate surface area is 119 Å². The molecule has 3 rings (SSSR count). The Hall–Kier alpha value is -2.96. The van der Waals surface area contributed by atoms with E-state index in [1.54, 1.807) is 30.1 Å². The molecule has 3 aromatic rings. The van der Waals surface area contributed by atoms with Gasteiger partial charge in [-0.2, -0.15) is 0 Å². The van der Waals surface area contributed by atoms with E-state index in [9.17, 15) is 4.79 Å². The van der Waals surface area contributed by atoms with Crippen LogP contribution in [0.5, 0.6) is 5.88 Å². The second kappa shape index (κ2) is 5.20. The van der Waals surface area contributed by atoms with Gasteiger partial charge in [0.05, 0.1) is 24.7 Å². The lowest BCUT2D eigenvalue weighted by Gasteiger charge is -2.04. The summed E-state index contributed by atoms with van der Waals surface area (Å²) in [5, 5.41) is 17.0. The van der Waals surface area contributed by atoms with Crippen molar-refractivity contribution in [2.75, 3.05) is 7.11 Å². The first kappa shape index (κ1) is 13.0. The molecule has 0 saturated carbocycles. The fourth-order valence-corrected chi connectivity index (χ4v) is 2.02. The molecule has 0 unspecified atom stereocenters. The smallest absolute Gasteiger partial charge is 0.335 e. The van der Waals surface area contributed by atoms with Crippen molar-refractivity contribution >= 4 is 17.0 Å². The van der Waals surface area contributed by atoms with Gasteiger partial charge < -0.3 is 9.84 Å². The Kier molecular flexibility index (Phi) is 3.23. The minimum absolute atomic E-state index is 0.195. The zero-order valence-corrected chi connectivity index (χ0v) is 11.2. The molecule has 2 heterocycles. The molecular formula is C14H12N4O3. The Morgan fingerprint density at radius 2 is 2.19 bits per heavy atom. The number of methoxy groups -OCH3 is 1. The minimum atomic E-state index is -0.981. The lowest BCUT2D eigenvalue weighted by molar-refractivity contribution is 0.0697. The first-order chi connectivity index (χ1) is 10.2. The Morgan fingerprint density at radius 1 is 1.33 bits per heavy atom. The lowest BCUT2D eigenvalue weighted by atomic mass is 10.2. The quantitative estimate of drug-likeness (QED) is 0.782. The van der Waals surface area contributed by atoms with Crippen LogP contribution in [0.1, 0.15) is 15.9 Å². The van der Waals surface area contributed by atoms with E-state index in [2.05, 4.69) is 15.3 Å². The fraction of sp³-hybridized carbons (Fsp3) is 0.143. The number of carboxylic acids is 1. The van der Waals surface area contributed by atoms with E-state index < -0.39 is 5.97 Å². The number of pyridine rings is 1. The number of hydrogen-bond donors (Lipinski definition) is 1. The SMILES string of the molecule is COc1ccc(Cn2nnc3cc(C(=O)O)ccc32)cn1. The Balaban J connectivity index is 1.91. The van der Waals surface area contributed by atoms with E-state index in [1.165, 1.54) is 12.1 Å². The fourth-order valence-electron chi connectivity index (χ4n) is 2.02. The summed E-state index contributed by atoms with van der Waals surface area (Å²) < 4.78 is 6.71. The highest BCUT2D eigenvalue weighted by molar-refractivity contribution is 5.92. The summed E-state index contributed by atoms with van der Waals surface area (Å²) in [5.41, 5.74) is 2.47. The Bertz CT molecular complexity index is 796. The van der Waals surface area contributed by atoms with Gasteiger partial charge in [-0.05, 0) is 23.8 Å². The number of rotatable bonds is 4. The molecule has 0 aliphatic rings. The van der Waals surface area contributed by atoms with E-state index >= 15 is 0 Å². The molecule has 0 aliphatic heterocycles. The number of benzene rings is 1. The first-order valence-corrected chi connectivity index (χ1v) is 6.23. The molecule has 7 nitrogen and oxygen atoms in total. The van der Waals surface area contributed by atoms with Gasteiger partial charge in [-0.25, -0.2) is 14.5 Å². The number of hydrogen-bond acceptors (Lipinski definition) is 5. The number of ether oxygens (including phenoxy) is 1. The maximum absolute atomic E-state index is 10.9. The monoisotopic (exact) mass is 284 g/mol. The van der Waals surface area contributed by atoms with E-state index in [1.807, 2.05) is 6.07 Å². The summed E-state index contributed by atoms with van der Waals surface area (Å²) in [6.45, 7) is 0.500. The van der Waals surface area contributed by atoms with E-state index in [-0.39, 0.29) is 5.56 Å². The maximum Gasteiger partial charge on any atom is 0.335 e. The number of fused-ring (bicyclic) bond motifs is 1. The van der Waals surface area contributed by atoms with Gasteiger partial charge in [0.15, 0.2) is 0 Å². The van der Waals surface area contributed by atoms with Gasteiger partial charge in [0.2, 0.25) is 5.88 Å². The summed E-state index contributed by atoms with van der Waals surface area (Å²) in [6.07, 6.45) is 1.71. The van der Waals surface area contributed by atoms with Crippen LogP contribution in [0.15, 0.2) is 36.5 Å². The molecule has 0 spiro atoms. The Morgan fingerprint density at radius 3 is 2.86 bits per heavy atom. The molecular weight excluding hydrogens is 272 g/mol. The summed E-state index contributed by atoms with van der Waals surface area (Å²) in [7, 11) is 1.56. The van der Waals surface area contributed by atoms with Crippen LogP contribution in [0.3, 0.4) is 0 Å². The zero-order chi connectivity index (χ0) is 14.8. The van der Waals surface area contributed by atoms with Crippen molar-refractivity contribution in [1.29, 1.82) is 0 Å². The largest absolute Gasteiger partial charge is 0.481 e. The first-order valence-electron chi connectivity index (χ1n) is 6.23. The highest BCUT2D eigenvalue weighted by Crippen LogP contribution is 2.15. The molecule has 0 atom stereocenters. The predicted molar refractivity (Wildman–Crippen MR) is 74.4 cm³/mol. The summed E-state index contributed by atoms with van der Waals surface area (Å²) in [4.78, 5) is 15.1. The third-order valence-corrected chi connectivity index (χ3v) is 3.10. The summed E-state index contributed by atoms with van der Waals surface area (Å²) in [5.74, 6) is -0.431. The predicted octanol–water partition coefficient (Wildman–Crippen LogP) is 1.58. The van der Waals surface area contributed by atoms with Crippen LogP contribution >= 0.6 is 0 Å². The third-order valence-electron chi connectivity index (χ3n) is 3.10. The van der Waals surface area contributed by atoms with Crippen molar-refractivity contribution in [3.63, 3.8) is 0 Å². The molecule has 1 N–H and O–H groups in total. The highest BCUT2D eigenvalue weighted by Gasteiger charge is 2.09. The third kappa shape index (κ3) is 2.53. The number of aromatic nitrogens is 4. The van der Waals surface area contributed by atoms with Crippen LogP contribution < -0.4 is 4.74 Å². The van der Waals surface area contributed by atoms with Crippen molar-refractivity contribution < 1.29 is 14.6 Å². The second-order valence-corrected chi connectivity index (χ2v) is 4.46. The molecule has 0 amide bonds. The minimum Gasteiger partial charge on any atom is -0.481 e. The average molecular weight is 284 g/mol. The second-order valence-electron chi connectivity index (χ2n) is 4.46. The van der Waals surface area contributed by atoms with Crippen LogP contribution in [0.4, 0.5) is 0 Å². The van der Waals surface area contributed by atoms with Crippen LogP contribution in [0, 0.1) is 0 Å². The van der Waals surface area contributed by atoms with Gasteiger partial charge in [-0.3, -0.25) is 0 Å². The molecule has 0 radical (unpaired) electrons. The van der Waals surface area contributed by atoms with Gasteiger partial charge >= 0.3 is 5.97 Å². The molecule has 0 saturated heterocycles. The van der Waals surface area contributed by atoms with Crippen LogP contribution in [0.25, 0.3) is 11.0 Å². The molecule has 7 heteroatoms. The van der Waals surface area contributed by atoms with E-state index in [0.717, 1.165) is 11.1 Å². The van der Waals surface area contributed by atoms with Crippen molar-refractivity contribution in [2.45, 2.75) is 6.54 Å². The van der Waals surface area contributed by atoms with Crippen LogP contribution in [-0.4, -0.2) is 38.2 Å². The van der Waals surface area contributed by atoms with Crippen LogP contribution in [-0.2, 0) is 6.54 Å². The van der Waals surface area contributed by atoms with Gasteiger partial charge in [0, 0.05) is 12.3 Å². The number of carboxylic acid groups (broad SMARTS) is 1. The normalized spacial score (nSPS) is 10.7. The standard InChI is InChI=1S/C14H12N4O3/c1-21-13-5-2-9(7-15-13)8-18-12-4-3-10(14(19)20)6-11(12)16-17-18/h2-7H,8H2,1H3,(H,19,20). The molecule has 1 aromatic carbocycles. The average Bonchev–Trinajstić information content (AvgIpc) is 2.90. The van der Waals surface area contributed by atoms with Gasteiger partial charge in [0.1, 0.15) is 5.52 Å². The van der Waals surface area contributed by atoms with Crippen molar-refractivity contribution in [1.82, 2.24) is 20.0 Å². The number of nitrogens with zero attached hydrogens (tertiary/aromatic N) is 4. The lowest BCUT2D eigenvalue weighted by Crippen LogP contribution is -2.02. The molecule has 0 aliphatic carbocycles. The number of aromatic carboxylic acids is 1. The van der Waals surface area contributed by atoms with E-state index in [0.29, 0.717) is 17.9 Å². The molecule has 2 aromatic heterocycles. The molecule has 0 bridgehead atoms. The van der Waals surface area contributed by atoms with Gasteiger partial charge in [-0.15, -0.1) is 5.10 Å². The highest BCUT2D eigenvalue weighted by atomic mass is 16.5. The topological polar surface area (TPSA) is 90.1 Å². The van der Waals surface area contributed by atoms with E-state index in [4.69, 9.17) is 9.84 Å². The number of carbonyl (C=O) groups is 1. The molecule has 21 heavy (non-hydrogen) atoms. The summed E-state index contributed by atoms with van der Waals surface area (Å²) >= 11 is 0. The van der Waals surface area contributed by atoms with Crippen molar-refractivity contribution in [2.24, 2.45) is 0 Å². The van der Waals surface area contributed by atoms with Crippen LogP contribution in [0.2, 0.25) is 0 Å². The molecule has 0 fully saturated rings. The maximum atomic E-state index is 10.9. The zero-order valence-electron chi connectivity index (χ0n) is 11.2.